The smallest absolute Gasteiger partial charge is 0.320 e. The van der Waals surface area contributed by atoms with Gasteiger partial charge in [-0.25, -0.2) is 0 Å². The van der Waals surface area contributed by atoms with Crippen LogP contribution in [0.4, 0.5) is 13.2 Å². The van der Waals surface area contributed by atoms with Crippen LogP contribution in [0.5, 0.6) is 0 Å². The van der Waals surface area contributed by atoms with Crippen LogP contribution >= 0.6 is 0 Å². The summed E-state index contributed by atoms with van der Waals surface area (Å²) >= 11 is 0. The molecule has 2 N–H and O–H groups in total. The number of carbonyl (C=O) groups is 1. The molecule has 2 aromatic rings. The number of benzene rings is 1. The molecule has 0 aliphatic heterocycles. The van der Waals surface area contributed by atoms with Crippen LogP contribution in [0.25, 0.3) is 11.1 Å². The molecule has 0 unspecified atom stereocenters. The van der Waals surface area contributed by atoms with Gasteiger partial charge >= 0.3 is 6.18 Å². The number of nitrogens with zero attached hydrogens (tertiary/aromatic N) is 3. The second-order valence-electron chi connectivity index (χ2n) is 7.62. The van der Waals surface area contributed by atoms with Gasteiger partial charge in [-0.15, -0.1) is 0 Å². The van der Waals surface area contributed by atoms with Gasteiger partial charge in [0.25, 0.3) is 0 Å². The summed E-state index contributed by atoms with van der Waals surface area (Å²) in [5.74, 6) is -0.862. The number of aryl methyl sites for hydroxylation is 1. The highest BCUT2D eigenvalue weighted by molar-refractivity contribution is 5.82. The molecule has 1 heterocycles. The van der Waals surface area contributed by atoms with Crippen molar-refractivity contribution in [3.63, 3.8) is 0 Å². The second kappa shape index (κ2) is 9.72. The monoisotopic (exact) mass is 418 g/mol. The average Bonchev–Trinajstić information content (AvgIpc) is 2.66. The van der Waals surface area contributed by atoms with E-state index in [0.717, 1.165) is 11.1 Å². The van der Waals surface area contributed by atoms with E-state index in [2.05, 4.69) is 4.98 Å². The maximum absolute atomic E-state index is 14.0. The van der Waals surface area contributed by atoms with E-state index in [0.29, 0.717) is 10.5 Å². The number of amides is 1. The summed E-state index contributed by atoms with van der Waals surface area (Å²) in [6, 6.07) is 5.87. The molecule has 1 aromatic carbocycles. The number of halogens is 3. The summed E-state index contributed by atoms with van der Waals surface area (Å²) in [4.78, 5) is 17.3. The van der Waals surface area contributed by atoms with E-state index in [4.69, 9.17) is 11.0 Å². The van der Waals surface area contributed by atoms with Crippen molar-refractivity contribution in [2.75, 3.05) is 6.54 Å². The minimum Gasteiger partial charge on any atom is -0.320 e. The van der Waals surface area contributed by atoms with Crippen LogP contribution < -0.4 is 5.73 Å². The van der Waals surface area contributed by atoms with Crippen LogP contribution in [0.1, 0.15) is 37.4 Å². The number of nitriles is 1. The third-order valence-corrected chi connectivity index (χ3v) is 4.76. The van der Waals surface area contributed by atoms with E-state index in [1.165, 1.54) is 12.1 Å². The zero-order chi connectivity index (χ0) is 22.5. The summed E-state index contributed by atoms with van der Waals surface area (Å²) < 4.78 is 42.0. The van der Waals surface area contributed by atoms with Gasteiger partial charge in [0, 0.05) is 18.0 Å². The fourth-order valence-corrected chi connectivity index (χ4v) is 3.35. The molecule has 8 heteroatoms. The number of hydrogen-bond donors (Lipinski definition) is 1. The molecule has 2 atom stereocenters. The van der Waals surface area contributed by atoms with Crippen molar-refractivity contribution in [3.8, 4) is 17.2 Å². The van der Waals surface area contributed by atoms with Gasteiger partial charge in [0.2, 0.25) is 5.91 Å². The van der Waals surface area contributed by atoms with Crippen LogP contribution in [-0.4, -0.2) is 34.6 Å². The summed E-state index contributed by atoms with van der Waals surface area (Å²) in [6.45, 7) is 4.81. The Kier molecular flexibility index (Phi) is 7.57. The summed E-state index contributed by atoms with van der Waals surface area (Å²) in [5, 5.41) is 9.08. The molecular weight excluding hydrogens is 393 g/mol. The zero-order valence-electron chi connectivity index (χ0n) is 17.1. The molecule has 0 spiro atoms. The Morgan fingerprint density at radius 2 is 1.87 bits per heavy atom. The standard InChI is InChI=1S/C22H25F3N4O/c1-14(2)12-19(27)21(30)29(11-9-26)20(22(23,24)25)17-6-4-16(5-7-17)18-13-28-10-8-15(18)3/h4-8,10,13-14,19-20H,11-12,27H2,1-3H3/t19-,20-/m0/s1. The molecule has 0 saturated carbocycles. The molecule has 0 saturated heterocycles. The lowest BCUT2D eigenvalue weighted by Gasteiger charge is -2.33. The Hall–Kier alpha value is -2.92. The summed E-state index contributed by atoms with van der Waals surface area (Å²) in [6.07, 6.45) is -1.26. The van der Waals surface area contributed by atoms with E-state index in [9.17, 15) is 18.0 Å². The predicted octanol–water partition coefficient (Wildman–Crippen LogP) is 4.39. The number of rotatable bonds is 7. The fraction of sp³-hybridized carbons (Fsp3) is 0.409. The Morgan fingerprint density at radius 3 is 2.37 bits per heavy atom. The van der Waals surface area contributed by atoms with Crippen molar-refractivity contribution in [2.24, 2.45) is 11.7 Å². The van der Waals surface area contributed by atoms with Crippen molar-refractivity contribution in [2.45, 2.75) is 45.5 Å². The van der Waals surface area contributed by atoms with Gasteiger partial charge in [0.15, 0.2) is 6.04 Å². The number of nitrogens with two attached hydrogens (primary N) is 1. The fourth-order valence-electron chi connectivity index (χ4n) is 3.35. The molecule has 0 aliphatic carbocycles. The van der Waals surface area contributed by atoms with E-state index in [1.807, 2.05) is 26.8 Å². The SMILES string of the molecule is Cc1ccncc1-c1ccc([C@H](N(CC#N)C(=O)[C@@H](N)CC(C)C)C(F)(F)F)cc1. The van der Waals surface area contributed by atoms with Gasteiger partial charge in [-0.1, -0.05) is 38.1 Å². The number of hydrogen-bond acceptors (Lipinski definition) is 4. The molecule has 0 aliphatic rings. The maximum atomic E-state index is 14.0. The maximum Gasteiger partial charge on any atom is 0.413 e. The minimum absolute atomic E-state index is 0.0271. The van der Waals surface area contributed by atoms with Gasteiger partial charge in [0.05, 0.1) is 12.1 Å². The van der Waals surface area contributed by atoms with E-state index >= 15 is 0 Å². The quantitative estimate of drug-likeness (QED) is 0.676. The highest BCUT2D eigenvalue weighted by Crippen LogP contribution is 2.39. The van der Waals surface area contributed by atoms with Crippen molar-refractivity contribution in [1.29, 1.82) is 5.26 Å². The molecule has 30 heavy (non-hydrogen) atoms. The van der Waals surface area contributed by atoms with Gasteiger partial charge in [-0.05, 0) is 42.0 Å². The largest absolute Gasteiger partial charge is 0.413 e. The van der Waals surface area contributed by atoms with Crippen molar-refractivity contribution < 1.29 is 18.0 Å². The van der Waals surface area contributed by atoms with Crippen LogP contribution in [0.3, 0.4) is 0 Å². The predicted molar refractivity (Wildman–Crippen MR) is 108 cm³/mol. The van der Waals surface area contributed by atoms with Crippen molar-refractivity contribution in [1.82, 2.24) is 9.88 Å². The molecule has 160 valence electrons. The van der Waals surface area contributed by atoms with Crippen LogP contribution in [0, 0.1) is 24.2 Å². The first-order valence-electron chi connectivity index (χ1n) is 9.57. The lowest BCUT2D eigenvalue weighted by atomic mass is 9.97. The number of pyridine rings is 1. The number of aromatic nitrogens is 1. The Balaban J connectivity index is 2.44. The molecule has 0 bridgehead atoms. The molecule has 1 amide bonds. The molecule has 5 nitrogen and oxygen atoms in total. The van der Waals surface area contributed by atoms with Crippen LogP contribution in [0.2, 0.25) is 0 Å². The summed E-state index contributed by atoms with van der Waals surface area (Å²) in [5.41, 5.74) is 8.17. The molecule has 1 aromatic heterocycles. The van der Waals surface area contributed by atoms with Crippen molar-refractivity contribution in [3.05, 3.63) is 53.9 Å². The first-order chi connectivity index (χ1) is 14.1. The highest BCUT2D eigenvalue weighted by Gasteiger charge is 2.47. The van der Waals surface area contributed by atoms with E-state index < -0.39 is 30.7 Å². The van der Waals surface area contributed by atoms with Gasteiger partial charge < -0.3 is 10.6 Å². The van der Waals surface area contributed by atoms with E-state index in [-0.39, 0.29) is 17.9 Å². The topological polar surface area (TPSA) is 83.0 Å². The Morgan fingerprint density at radius 1 is 1.23 bits per heavy atom. The van der Waals surface area contributed by atoms with Crippen molar-refractivity contribution >= 4 is 5.91 Å². The van der Waals surface area contributed by atoms with Gasteiger partial charge in [-0.3, -0.25) is 9.78 Å². The first kappa shape index (κ1) is 23.4. The Labute approximate surface area is 174 Å². The molecular formula is C22H25F3N4O. The highest BCUT2D eigenvalue weighted by atomic mass is 19.4. The normalized spacial score (nSPS) is 13.6. The van der Waals surface area contributed by atoms with Gasteiger partial charge in [0.1, 0.15) is 6.54 Å². The lowest BCUT2D eigenvalue weighted by molar-refractivity contribution is -0.191. The lowest BCUT2D eigenvalue weighted by Crippen LogP contribution is -2.49. The minimum atomic E-state index is -4.77. The first-order valence-corrected chi connectivity index (χ1v) is 9.57. The van der Waals surface area contributed by atoms with Gasteiger partial charge in [-0.2, -0.15) is 18.4 Å². The molecule has 0 radical (unpaired) electrons. The number of alkyl halides is 3. The van der Waals surface area contributed by atoms with Crippen LogP contribution in [-0.2, 0) is 4.79 Å². The molecule has 2 rings (SSSR count). The Bertz CT molecular complexity index is 904. The van der Waals surface area contributed by atoms with E-state index in [1.54, 1.807) is 30.6 Å². The number of carbonyl (C=O) groups excluding carboxylic acids is 1. The zero-order valence-corrected chi connectivity index (χ0v) is 17.1. The third-order valence-electron chi connectivity index (χ3n) is 4.76. The second-order valence-corrected chi connectivity index (χ2v) is 7.62. The summed E-state index contributed by atoms with van der Waals surface area (Å²) in [7, 11) is 0. The average molecular weight is 418 g/mol. The van der Waals surface area contributed by atoms with Crippen LogP contribution in [0.15, 0.2) is 42.7 Å². The third kappa shape index (κ3) is 5.57. The molecule has 0 fully saturated rings.